The zero-order valence-corrected chi connectivity index (χ0v) is 14.3. The van der Waals surface area contributed by atoms with Crippen LogP contribution in [0.1, 0.15) is 59.3 Å². The lowest BCUT2D eigenvalue weighted by atomic mass is 9.72. The summed E-state index contributed by atoms with van der Waals surface area (Å²) in [6, 6.07) is 0. The summed E-state index contributed by atoms with van der Waals surface area (Å²) < 4.78 is 10.2. The number of carbonyl (C=O) groups is 3. The Balaban J connectivity index is 3.02. The summed E-state index contributed by atoms with van der Waals surface area (Å²) in [6.45, 7) is 5.88. The monoisotopic (exact) mass is 322 g/mol. The SMILES string of the molecule is CCC#CCCC1(C(=O)OCC)C(=O)CCC1CC(=O)OCC. The first-order chi connectivity index (χ1) is 11.0. The van der Waals surface area contributed by atoms with Crippen LogP contribution in [-0.4, -0.2) is 30.9 Å². The van der Waals surface area contributed by atoms with Crippen LogP contribution in [0.15, 0.2) is 0 Å². The van der Waals surface area contributed by atoms with Crippen LogP contribution in [0.25, 0.3) is 0 Å². The highest BCUT2D eigenvalue weighted by atomic mass is 16.5. The molecule has 0 aliphatic heterocycles. The van der Waals surface area contributed by atoms with Gasteiger partial charge < -0.3 is 9.47 Å². The number of hydrogen-bond acceptors (Lipinski definition) is 5. The minimum absolute atomic E-state index is 0.0690. The van der Waals surface area contributed by atoms with E-state index in [1.807, 2.05) is 6.92 Å². The van der Waals surface area contributed by atoms with Gasteiger partial charge in [0.1, 0.15) is 5.41 Å². The molecule has 0 aromatic rings. The second-order valence-electron chi connectivity index (χ2n) is 5.57. The molecule has 1 saturated carbocycles. The number of rotatable bonds is 7. The first-order valence-electron chi connectivity index (χ1n) is 8.34. The van der Waals surface area contributed by atoms with Gasteiger partial charge in [-0.05, 0) is 32.6 Å². The van der Waals surface area contributed by atoms with Gasteiger partial charge in [-0.1, -0.05) is 6.92 Å². The Bertz CT molecular complexity index is 499. The van der Waals surface area contributed by atoms with Gasteiger partial charge in [-0.15, -0.1) is 11.8 Å². The Hall–Kier alpha value is -1.83. The number of hydrogen-bond donors (Lipinski definition) is 0. The van der Waals surface area contributed by atoms with Crippen LogP contribution >= 0.6 is 0 Å². The van der Waals surface area contributed by atoms with E-state index < -0.39 is 11.4 Å². The lowest BCUT2D eigenvalue weighted by molar-refractivity contribution is -0.163. The fourth-order valence-corrected chi connectivity index (χ4v) is 3.16. The molecule has 23 heavy (non-hydrogen) atoms. The molecule has 5 heteroatoms. The third-order valence-corrected chi connectivity index (χ3v) is 4.22. The molecule has 1 fully saturated rings. The molecular weight excluding hydrogens is 296 g/mol. The molecule has 2 atom stereocenters. The summed E-state index contributed by atoms with van der Waals surface area (Å²) in [4.78, 5) is 36.9. The first kappa shape index (κ1) is 19.2. The van der Waals surface area contributed by atoms with Crippen molar-refractivity contribution in [2.75, 3.05) is 13.2 Å². The predicted molar refractivity (Wildman–Crippen MR) is 85.3 cm³/mol. The van der Waals surface area contributed by atoms with Crippen LogP contribution in [0.5, 0.6) is 0 Å². The minimum Gasteiger partial charge on any atom is -0.466 e. The molecule has 0 aromatic carbocycles. The summed E-state index contributed by atoms with van der Waals surface area (Å²) in [7, 11) is 0. The molecular formula is C18H26O5. The van der Waals surface area contributed by atoms with Gasteiger partial charge in [-0.2, -0.15) is 0 Å². The molecule has 0 N–H and O–H groups in total. The van der Waals surface area contributed by atoms with Gasteiger partial charge in [0, 0.05) is 25.7 Å². The average molecular weight is 322 g/mol. The fraction of sp³-hybridized carbons (Fsp3) is 0.722. The Morgan fingerprint density at radius 3 is 2.48 bits per heavy atom. The van der Waals surface area contributed by atoms with E-state index in [2.05, 4.69) is 11.8 Å². The maximum absolute atomic E-state index is 12.5. The van der Waals surface area contributed by atoms with Gasteiger partial charge in [0.2, 0.25) is 0 Å². The quantitative estimate of drug-likeness (QED) is 0.409. The summed E-state index contributed by atoms with van der Waals surface area (Å²) in [5.74, 6) is 4.53. The Kier molecular flexibility index (Phi) is 7.80. The third kappa shape index (κ3) is 4.57. The maximum Gasteiger partial charge on any atom is 0.319 e. The van der Waals surface area contributed by atoms with E-state index in [1.54, 1.807) is 13.8 Å². The molecule has 0 aromatic heterocycles. The molecule has 0 amide bonds. The second kappa shape index (κ2) is 9.34. The van der Waals surface area contributed by atoms with Gasteiger partial charge in [-0.25, -0.2) is 0 Å². The molecule has 128 valence electrons. The molecule has 1 aliphatic carbocycles. The third-order valence-electron chi connectivity index (χ3n) is 4.22. The van der Waals surface area contributed by atoms with E-state index in [-0.39, 0.29) is 37.3 Å². The lowest BCUT2D eigenvalue weighted by Gasteiger charge is -2.30. The van der Waals surface area contributed by atoms with Crippen LogP contribution < -0.4 is 0 Å². The topological polar surface area (TPSA) is 69.7 Å². The van der Waals surface area contributed by atoms with Crippen LogP contribution in [0.4, 0.5) is 0 Å². The van der Waals surface area contributed by atoms with Crippen molar-refractivity contribution in [2.45, 2.75) is 59.3 Å². The molecule has 1 rings (SSSR count). The number of ketones is 1. The van der Waals surface area contributed by atoms with Gasteiger partial charge >= 0.3 is 11.9 Å². The van der Waals surface area contributed by atoms with E-state index in [9.17, 15) is 14.4 Å². The number of Topliss-reactive ketones (excluding diaryl/α,β-unsaturated/α-hetero) is 1. The Morgan fingerprint density at radius 2 is 1.87 bits per heavy atom. The van der Waals surface area contributed by atoms with Crippen LogP contribution in [-0.2, 0) is 23.9 Å². The maximum atomic E-state index is 12.5. The molecule has 0 spiro atoms. The zero-order chi connectivity index (χ0) is 17.3. The molecule has 1 aliphatic rings. The summed E-state index contributed by atoms with van der Waals surface area (Å²) >= 11 is 0. The Labute approximate surface area is 138 Å². The van der Waals surface area contributed by atoms with Crippen molar-refractivity contribution in [3.8, 4) is 11.8 Å². The summed E-state index contributed by atoms with van der Waals surface area (Å²) in [5, 5.41) is 0. The summed E-state index contributed by atoms with van der Waals surface area (Å²) in [6.07, 6.45) is 2.35. The second-order valence-corrected chi connectivity index (χ2v) is 5.57. The zero-order valence-electron chi connectivity index (χ0n) is 14.3. The van der Waals surface area contributed by atoms with E-state index in [1.165, 1.54) is 0 Å². The van der Waals surface area contributed by atoms with Crippen molar-refractivity contribution in [2.24, 2.45) is 11.3 Å². The predicted octanol–water partition coefficient (Wildman–Crippen LogP) is 2.66. The first-order valence-corrected chi connectivity index (χ1v) is 8.34. The highest BCUT2D eigenvalue weighted by molar-refractivity contribution is 6.06. The van der Waals surface area contributed by atoms with Crippen LogP contribution in [0.2, 0.25) is 0 Å². The highest BCUT2D eigenvalue weighted by Gasteiger charge is 2.56. The van der Waals surface area contributed by atoms with Crippen molar-refractivity contribution < 1.29 is 23.9 Å². The largest absolute Gasteiger partial charge is 0.466 e. The molecule has 0 bridgehead atoms. The van der Waals surface area contributed by atoms with Gasteiger partial charge in [0.25, 0.3) is 0 Å². The minimum atomic E-state index is -1.24. The van der Waals surface area contributed by atoms with Crippen molar-refractivity contribution in [1.29, 1.82) is 0 Å². The van der Waals surface area contributed by atoms with E-state index >= 15 is 0 Å². The van der Waals surface area contributed by atoms with Crippen molar-refractivity contribution in [3.63, 3.8) is 0 Å². The lowest BCUT2D eigenvalue weighted by Crippen LogP contribution is -2.43. The van der Waals surface area contributed by atoms with Crippen molar-refractivity contribution >= 4 is 17.7 Å². The van der Waals surface area contributed by atoms with E-state index in [4.69, 9.17) is 9.47 Å². The van der Waals surface area contributed by atoms with Crippen LogP contribution in [0, 0.1) is 23.2 Å². The summed E-state index contributed by atoms with van der Waals surface area (Å²) in [5.41, 5.74) is -1.24. The molecule has 0 heterocycles. The van der Waals surface area contributed by atoms with Gasteiger partial charge in [-0.3, -0.25) is 14.4 Å². The number of carbonyl (C=O) groups excluding carboxylic acids is 3. The normalized spacial score (nSPS) is 23.1. The van der Waals surface area contributed by atoms with E-state index in [0.717, 1.165) is 6.42 Å². The van der Waals surface area contributed by atoms with Gasteiger partial charge in [0.15, 0.2) is 5.78 Å². The smallest absolute Gasteiger partial charge is 0.319 e. The van der Waals surface area contributed by atoms with Crippen molar-refractivity contribution in [1.82, 2.24) is 0 Å². The fourth-order valence-electron chi connectivity index (χ4n) is 3.16. The van der Waals surface area contributed by atoms with Crippen LogP contribution in [0.3, 0.4) is 0 Å². The standard InChI is InChI=1S/C18H26O5/c1-4-7-8-9-12-18(17(21)23-6-3)14(10-11-15(18)19)13-16(20)22-5-2/h14H,4-6,9-13H2,1-3H3. The average Bonchev–Trinajstić information content (AvgIpc) is 2.82. The van der Waals surface area contributed by atoms with Gasteiger partial charge in [0.05, 0.1) is 13.2 Å². The molecule has 0 saturated heterocycles. The molecule has 0 radical (unpaired) electrons. The Morgan fingerprint density at radius 1 is 1.17 bits per heavy atom. The number of ether oxygens (including phenoxy) is 2. The number of esters is 2. The highest BCUT2D eigenvalue weighted by Crippen LogP contribution is 2.47. The van der Waals surface area contributed by atoms with E-state index in [0.29, 0.717) is 25.7 Å². The molecule has 2 unspecified atom stereocenters. The molecule has 5 nitrogen and oxygen atoms in total. The van der Waals surface area contributed by atoms with Crippen molar-refractivity contribution in [3.05, 3.63) is 0 Å².